The van der Waals surface area contributed by atoms with Crippen LogP contribution in [0.25, 0.3) is 0 Å². The van der Waals surface area contributed by atoms with E-state index in [0.717, 1.165) is 14.5 Å². The molecule has 0 bridgehead atoms. The van der Waals surface area contributed by atoms with Gasteiger partial charge < -0.3 is 9.47 Å². The lowest BCUT2D eigenvalue weighted by Crippen LogP contribution is -2.06. The molecule has 2 rings (SSSR count). The molecule has 2 aromatic carbocycles. The Kier molecular flexibility index (Phi) is 5.06. The van der Waals surface area contributed by atoms with Gasteiger partial charge in [-0.1, -0.05) is 31.9 Å². The Morgan fingerprint density at radius 2 is 1.67 bits per heavy atom. The summed E-state index contributed by atoms with van der Waals surface area (Å²) in [6.45, 7) is 1.97. The molecule has 110 valence electrons. The summed E-state index contributed by atoms with van der Waals surface area (Å²) < 4.78 is 12.1. The molecule has 3 nitrogen and oxygen atoms in total. The first kappa shape index (κ1) is 16.0. The van der Waals surface area contributed by atoms with E-state index in [1.54, 1.807) is 38.5 Å². The molecule has 0 unspecified atom stereocenters. The quantitative estimate of drug-likeness (QED) is 0.677. The number of halogens is 2. The fourth-order valence-electron chi connectivity index (χ4n) is 1.96. The number of rotatable bonds is 4. The van der Waals surface area contributed by atoms with E-state index < -0.39 is 0 Å². The van der Waals surface area contributed by atoms with Crippen LogP contribution in [0.1, 0.15) is 21.5 Å². The van der Waals surface area contributed by atoms with Crippen LogP contribution in [0.15, 0.2) is 39.3 Å². The van der Waals surface area contributed by atoms with Gasteiger partial charge in [-0.15, -0.1) is 0 Å². The van der Waals surface area contributed by atoms with Gasteiger partial charge in [0.25, 0.3) is 0 Å². The van der Waals surface area contributed by atoms with Crippen molar-refractivity contribution in [2.24, 2.45) is 0 Å². The van der Waals surface area contributed by atoms with Crippen molar-refractivity contribution >= 4 is 37.6 Å². The highest BCUT2D eigenvalue weighted by atomic mass is 79.9. The van der Waals surface area contributed by atoms with Crippen LogP contribution in [-0.2, 0) is 0 Å². The molecule has 0 aliphatic carbocycles. The Balaban J connectivity index is 2.56. The van der Waals surface area contributed by atoms with Crippen LogP contribution in [0.3, 0.4) is 0 Å². The maximum atomic E-state index is 12.8. The molecule has 0 N–H and O–H groups in total. The van der Waals surface area contributed by atoms with Gasteiger partial charge in [-0.2, -0.15) is 0 Å². The van der Waals surface area contributed by atoms with Crippen LogP contribution in [0, 0.1) is 6.92 Å². The molecule has 2 aromatic rings. The van der Waals surface area contributed by atoms with E-state index in [2.05, 4.69) is 31.9 Å². The Morgan fingerprint density at radius 1 is 0.952 bits per heavy atom. The Hall–Kier alpha value is -1.33. The molecule has 0 aliphatic heterocycles. The number of carbonyl (C=O) groups is 1. The monoisotopic (exact) mass is 412 g/mol. The summed E-state index contributed by atoms with van der Waals surface area (Å²) in [6, 6.07) is 8.88. The lowest BCUT2D eigenvalue weighted by Gasteiger charge is -2.11. The predicted molar refractivity (Wildman–Crippen MR) is 89.6 cm³/mol. The van der Waals surface area contributed by atoms with E-state index in [1.165, 1.54) is 0 Å². The first-order valence-electron chi connectivity index (χ1n) is 6.20. The molecule has 0 saturated heterocycles. The number of carbonyl (C=O) groups excluding carboxylic acids is 1. The van der Waals surface area contributed by atoms with Crippen LogP contribution in [-0.4, -0.2) is 20.0 Å². The minimum atomic E-state index is -0.127. The maximum absolute atomic E-state index is 12.8. The van der Waals surface area contributed by atoms with Gasteiger partial charge >= 0.3 is 0 Å². The third-order valence-electron chi connectivity index (χ3n) is 3.14. The van der Waals surface area contributed by atoms with Gasteiger partial charge in [-0.3, -0.25) is 4.79 Å². The fraction of sp³-hybridized carbons (Fsp3) is 0.188. The summed E-state index contributed by atoms with van der Waals surface area (Å²) in [5, 5.41) is 0. The average molecular weight is 414 g/mol. The van der Waals surface area contributed by atoms with Crippen molar-refractivity contribution in [1.82, 2.24) is 0 Å². The highest BCUT2D eigenvalue weighted by Crippen LogP contribution is 2.31. The normalized spacial score (nSPS) is 10.3. The number of benzene rings is 2. The maximum Gasteiger partial charge on any atom is 0.198 e. The molecular weight excluding hydrogens is 400 g/mol. The highest BCUT2D eigenvalue weighted by Gasteiger charge is 2.19. The van der Waals surface area contributed by atoms with E-state index in [0.29, 0.717) is 22.6 Å². The van der Waals surface area contributed by atoms with Crippen molar-refractivity contribution in [3.63, 3.8) is 0 Å². The van der Waals surface area contributed by atoms with Crippen molar-refractivity contribution in [3.05, 3.63) is 56.0 Å². The van der Waals surface area contributed by atoms with E-state index in [9.17, 15) is 4.79 Å². The van der Waals surface area contributed by atoms with Crippen LogP contribution < -0.4 is 9.47 Å². The van der Waals surface area contributed by atoms with Gasteiger partial charge in [0.15, 0.2) is 5.78 Å². The molecule has 0 amide bonds. The van der Waals surface area contributed by atoms with E-state index in [4.69, 9.17) is 9.47 Å². The number of methoxy groups -OCH3 is 2. The standard InChI is InChI=1S/C16H14Br2O3/c1-9-6-14(18)11(8-13(9)17)16(19)12-7-10(20-2)4-5-15(12)21-3/h4-8H,1-3H3. The van der Waals surface area contributed by atoms with E-state index >= 15 is 0 Å². The van der Waals surface area contributed by atoms with Crippen molar-refractivity contribution < 1.29 is 14.3 Å². The zero-order valence-corrected chi connectivity index (χ0v) is 15.0. The smallest absolute Gasteiger partial charge is 0.198 e. The lowest BCUT2D eigenvalue weighted by atomic mass is 10.0. The minimum Gasteiger partial charge on any atom is -0.497 e. The average Bonchev–Trinajstić information content (AvgIpc) is 2.49. The number of hydrogen-bond donors (Lipinski definition) is 0. The summed E-state index contributed by atoms with van der Waals surface area (Å²) in [5.74, 6) is 1.00. The first-order chi connectivity index (χ1) is 9.97. The molecule has 0 saturated carbocycles. The van der Waals surface area contributed by atoms with Crippen molar-refractivity contribution in [2.45, 2.75) is 6.92 Å². The number of hydrogen-bond acceptors (Lipinski definition) is 3. The fourth-order valence-corrected chi connectivity index (χ4v) is 2.94. The molecular formula is C16H14Br2O3. The van der Waals surface area contributed by atoms with Gasteiger partial charge in [0.2, 0.25) is 0 Å². The van der Waals surface area contributed by atoms with Gasteiger partial charge in [0.05, 0.1) is 19.8 Å². The zero-order chi connectivity index (χ0) is 15.6. The zero-order valence-electron chi connectivity index (χ0n) is 11.9. The second kappa shape index (κ2) is 6.62. The largest absolute Gasteiger partial charge is 0.497 e. The van der Waals surface area contributed by atoms with Gasteiger partial charge in [-0.25, -0.2) is 0 Å². The molecule has 0 heterocycles. The minimum absolute atomic E-state index is 0.127. The Bertz CT molecular complexity index is 696. The first-order valence-corrected chi connectivity index (χ1v) is 7.79. The number of ether oxygens (including phenoxy) is 2. The van der Waals surface area contributed by atoms with Crippen LogP contribution in [0.2, 0.25) is 0 Å². The summed E-state index contributed by atoms with van der Waals surface area (Å²) in [4.78, 5) is 12.8. The van der Waals surface area contributed by atoms with Crippen molar-refractivity contribution in [2.75, 3.05) is 14.2 Å². The topological polar surface area (TPSA) is 35.5 Å². The molecule has 0 aromatic heterocycles. The third-order valence-corrected chi connectivity index (χ3v) is 4.65. The molecule has 0 fully saturated rings. The molecule has 21 heavy (non-hydrogen) atoms. The Morgan fingerprint density at radius 3 is 2.29 bits per heavy atom. The van der Waals surface area contributed by atoms with Crippen molar-refractivity contribution in [1.29, 1.82) is 0 Å². The molecule has 0 radical (unpaired) electrons. The summed E-state index contributed by atoms with van der Waals surface area (Å²) >= 11 is 6.90. The van der Waals surface area contributed by atoms with E-state index in [-0.39, 0.29) is 5.78 Å². The molecule has 0 spiro atoms. The molecule has 0 atom stereocenters. The summed E-state index contributed by atoms with van der Waals surface area (Å²) in [7, 11) is 3.10. The third kappa shape index (κ3) is 3.30. The summed E-state index contributed by atoms with van der Waals surface area (Å²) in [5.41, 5.74) is 2.09. The molecule has 0 aliphatic rings. The van der Waals surface area contributed by atoms with Crippen molar-refractivity contribution in [3.8, 4) is 11.5 Å². The second-order valence-corrected chi connectivity index (χ2v) is 6.19. The van der Waals surface area contributed by atoms with E-state index in [1.807, 2.05) is 13.0 Å². The predicted octanol–water partition coefficient (Wildman–Crippen LogP) is 4.77. The van der Waals surface area contributed by atoms with Gasteiger partial charge in [-0.05, 0) is 42.8 Å². The van der Waals surface area contributed by atoms with Crippen LogP contribution in [0.5, 0.6) is 11.5 Å². The van der Waals surface area contributed by atoms with Gasteiger partial charge in [0, 0.05) is 14.5 Å². The second-order valence-electron chi connectivity index (χ2n) is 4.48. The Labute approximate surface area is 140 Å². The molecule has 5 heteroatoms. The van der Waals surface area contributed by atoms with Crippen LogP contribution in [0.4, 0.5) is 0 Å². The van der Waals surface area contributed by atoms with Gasteiger partial charge in [0.1, 0.15) is 11.5 Å². The highest BCUT2D eigenvalue weighted by molar-refractivity contribution is 9.11. The van der Waals surface area contributed by atoms with Crippen LogP contribution >= 0.6 is 31.9 Å². The number of aryl methyl sites for hydroxylation is 1. The SMILES string of the molecule is COc1ccc(OC)c(C(=O)c2cc(Br)c(C)cc2Br)c1. The lowest BCUT2D eigenvalue weighted by molar-refractivity contribution is 0.103. The number of ketones is 1. The summed E-state index contributed by atoms with van der Waals surface area (Å²) in [6.07, 6.45) is 0.